The molecule has 1 aromatic rings. The first-order chi connectivity index (χ1) is 20.7. The van der Waals surface area contributed by atoms with Gasteiger partial charge >= 0.3 is 5.97 Å². The first-order valence-electron chi connectivity index (χ1n) is 17.2. The van der Waals surface area contributed by atoms with E-state index in [0.29, 0.717) is 30.1 Å². The number of aromatic nitrogens is 2. The number of carboxylic acids is 1. The summed E-state index contributed by atoms with van der Waals surface area (Å²) in [6, 6.07) is 0. The second kappa shape index (κ2) is 10.8. The van der Waals surface area contributed by atoms with Crippen LogP contribution < -0.4 is 0 Å². The van der Waals surface area contributed by atoms with Gasteiger partial charge in [0.25, 0.3) is 0 Å². The Hall–Kier alpha value is -2.12. The predicted molar refractivity (Wildman–Crippen MR) is 164 cm³/mol. The van der Waals surface area contributed by atoms with Crippen LogP contribution >= 0.6 is 0 Å². The molecule has 0 spiro atoms. The largest absolute Gasteiger partial charge is 0.481 e. The van der Waals surface area contributed by atoms with Crippen molar-refractivity contribution in [2.75, 3.05) is 13.6 Å². The van der Waals surface area contributed by atoms with Crippen LogP contribution in [0.1, 0.15) is 90.5 Å². The Balaban J connectivity index is 1.29. The Labute approximate surface area is 257 Å². The number of nitrogens with zero attached hydrogens (tertiary/aromatic N) is 3. The van der Waals surface area contributed by atoms with E-state index in [9.17, 15) is 14.7 Å². The minimum Gasteiger partial charge on any atom is -0.481 e. The number of likely N-dealkylation sites (N-methyl/N-ethyl adjacent to an activating group) is 1. The van der Waals surface area contributed by atoms with Gasteiger partial charge in [-0.3, -0.25) is 9.69 Å². The van der Waals surface area contributed by atoms with Crippen molar-refractivity contribution in [3.63, 3.8) is 0 Å². The molecule has 10 atom stereocenters. The van der Waals surface area contributed by atoms with E-state index in [1.165, 1.54) is 32.1 Å². The highest BCUT2D eigenvalue weighted by Crippen LogP contribution is 2.84. The molecule has 0 radical (unpaired) electrons. The highest BCUT2D eigenvalue weighted by molar-refractivity contribution is 5.90. The molecule has 1 N–H and O–H groups in total. The lowest BCUT2D eigenvalue weighted by Crippen LogP contribution is -2.65. The molecule has 2 heterocycles. The van der Waals surface area contributed by atoms with E-state index in [1.807, 2.05) is 12.4 Å². The fraction of sp³-hybridized carbons (Fsp3) is 0.778. The van der Waals surface area contributed by atoms with Gasteiger partial charge in [0, 0.05) is 36.5 Å². The maximum Gasteiger partial charge on any atom is 0.315 e. The number of rotatable bonds is 9. The van der Waals surface area contributed by atoms with Gasteiger partial charge < -0.3 is 14.6 Å². The second-order valence-electron chi connectivity index (χ2n) is 15.8. The molecule has 6 aliphatic rings. The molecule has 7 rings (SSSR count). The molecule has 7 unspecified atom stereocenters. The van der Waals surface area contributed by atoms with E-state index in [1.54, 1.807) is 6.33 Å². The quantitative estimate of drug-likeness (QED) is 0.271. The van der Waals surface area contributed by atoms with Crippen molar-refractivity contribution in [1.29, 1.82) is 0 Å². The van der Waals surface area contributed by atoms with Crippen LogP contribution in [0, 0.1) is 57.7 Å². The topological polar surface area (TPSA) is 92.6 Å². The van der Waals surface area contributed by atoms with Gasteiger partial charge in [-0.25, -0.2) is 9.97 Å². The van der Waals surface area contributed by atoms with Crippen LogP contribution in [0.2, 0.25) is 0 Å². The number of carboxylic acid groups (broad SMARTS) is 1. The van der Waals surface area contributed by atoms with E-state index in [0.717, 1.165) is 56.2 Å². The number of carbonyl (C=O) groups is 2. The molecule has 4 bridgehead atoms. The average Bonchev–Trinajstić information content (AvgIpc) is 3.71. The molecule has 0 amide bonds. The fourth-order valence-corrected chi connectivity index (χ4v) is 12.3. The maximum atomic E-state index is 14.1. The normalized spacial score (nSPS) is 43.8. The first kappa shape index (κ1) is 29.6. The monoisotopic (exact) mass is 589 g/mol. The van der Waals surface area contributed by atoms with Crippen LogP contribution in [0.15, 0.2) is 30.4 Å². The molecule has 1 saturated heterocycles. The summed E-state index contributed by atoms with van der Waals surface area (Å²) in [5.41, 5.74) is -0.468. The minimum atomic E-state index is -1.17. The number of hydrogen-bond acceptors (Lipinski definition) is 6. The molecular weight excluding hydrogens is 538 g/mol. The smallest absolute Gasteiger partial charge is 0.315 e. The van der Waals surface area contributed by atoms with E-state index in [2.05, 4.69) is 48.8 Å². The summed E-state index contributed by atoms with van der Waals surface area (Å²) >= 11 is 0. The molecule has 5 aliphatic carbocycles. The number of hydrogen-bond donors (Lipinski definition) is 1. The Morgan fingerprint density at radius 2 is 1.86 bits per heavy atom. The van der Waals surface area contributed by atoms with Gasteiger partial charge in [-0.15, -0.1) is 0 Å². The van der Waals surface area contributed by atoms with Crippen molar-refractivity contribution in [1.82, 2.24) is 14.9 Å². The van der Waals surface area contributed by atoms with Crippen molar-refractivity contribution in [2.24, 2.45) is 57.7 Å². The first-order valence-corrected chi connectivity index (χ1v) is 17.2. The second-order valence-corrected chi connectivity index (χ2v) is 15.8. The fourth-order valence-electron chi connectivity index (χ4n) is 12.3. The maximum absolute atomic E-state index is 14.1. The number of ether oxygens (including phenoxy) is 1. The van der Waals surface area contributed by atoms with Crippen molar-refractivity contribution < 1.29 is 19.4 Å². The van der Waals surface area contributed by atoms with Crippen LogP contribution in [0.3, 0.4) is 0 Å². The third kappa shape index (κ3) is 3.98. The van der Waals surface area contributed by atoms with Crippen molar-refractivity contribution in [3.8, 4) is 0 Å². The van der Waals surface area contributed by atoms with Crippen molar-refractivity contribution in [2.45, 2.75) is 104 Å². The van der Waals surface area contributed by atoms with Crippen LogP contribution in [-0.2, 0) is 20.9 Å². The Kier molecular flexibility index (Phi) is 7.40. The molecule has 7 heteroatoms. The zero-order chi connectivity index (χ0) is 30.1. The standard InChI is InChI=1S/C36H51N3O4/c1-22(2)30-12-26-14-34(20-40)29-11-10-23(3)28(29)15-35(26,36(30,34)33(41)42)32-13-27(25-8-6-5-7-9-25)31(43-32)19-39(4)18-24-16-37-21-38-17-24/h12,16-17,20-23,25-29,31-32H,5-11,13-15,18-19H2,1-4H3,(H,41,42)/t23-,26?,27?,28-,29-,31?,32?,34?,35?,36?/m1/s1. The highest BCUT2D eigenvalue weighted by Gasteiger charge is 2.86. The van der Waals surface area contributed by atoms with E-state index in [4.69, 9.17) is 4.74 Å². The molecule has 43 heavy (non-hydrogen) atoms. The summed E-state index contributed by atoms with van der Waals surface area (Å²) in [5.74, 6) is 1.48. The molecule has 7 nitrogen and oxygen atoms in total. The Morgan fingerprint density at radius 1 is 1.12 bits per heavy atom. The molecule has 1 aliphatic heterocycles. The van der Waals surface area contributed by atoms with Gasteiger partial charge in [-0.1, -0.05) is 70.9 Å². The molecule has 0 aromatic carbocycles. The SMILES string of the molecule is CC(C)C1=CC2CC3(C=O)[C@@H]4CC[C@@H](C)[C@H]4CC2(C2CC(C4CCCCC4)C(CN(C)Cc4cncnc4)O2)C13C(=O)O. The third-order valence-electron chi connectivity index (χ3n) is 13.7. The van der Waals surface area contributed by atoms with Crippen molar-refractivity contribution in [3.05, 3.63) is 35.9 Å². The lowest BCUT2D eigenvalue weighted by Gasteiger charge is -2.60. The molecule has 4 saturated carbocycles. The molecular formula is C36H51N3O4. The molecule has 5 fully saturated rings. The van der Waals surface area contributed by atoms with E-state index < -0.39 is 22.2 Å². The van der Waals surface area contributed by atoms with Gasteiger partial charge in [0.2, 0.25) is 0 Å². The van der Waals surface area contributed by atoms with Crippen LogP contribution in [0.25, 0.3) is 0 Å². The summed E-state index contributed by atoms with van der Waals surface area (Å²) in [6.45, 7) is 8.18. The van der Waals surface area contributed by atoms with Gasteiger partial charge in [0.05, 0.1) is 17.6 Å². The zero-order valence-electron chi connectivity index (χ0n) is 26.6. The Bertz CT molecular complexity index is 1260. The highest BCUT2D eigenvalue weighted by atomic mass is 16.5. The summed E-state index contributed by atoms with van der Waals surface area (Å²) in [4.78, 5) is 38.4. The van der Waals surface area contributed by atoms with Crippen LogP contribution in [0.5, 0.6) is 0 Å². The zero-order valence-corrected chi connectivity index (χ0v) is 26.6. The van der Waals surface area contributed by atoms with Gasteiger partial charge in [-0.2, -0.15) is 0 Å². The number of fused-ring (bicyclic) bond motifs is 2. The van der Waals surface area contributed by atoms with Gasteiger partial charge in [0.15, 0.2) is 0 Å². The van der Waals surface area contributed by atoms with Gasteiger partial charge in [0.1, 0.15) is 18.0 Å². The minimum absolute atomic E-state index is 0.0507. The number of allylic oxidation sites excluding steroid dienone is 1. The Morgan fingerprint density at radius 3 is 2.53 bits per heavy atom. The lowest BCUT2D eigenvalue weighted by atomic mass is 9.41. The summed E-state index contributed by atoms with van der Waals surface area (Å²) < 4.78 is 7.37. The number of aldehydes is 1. The average molecular weight is 590 g/mol. The van der Waals surface area contributed by atoms with E-state index in [-0.39, 0.29) is 30.0 Å². The lowest BCUT2D eigenvalue weighted by molar-refractivity contribution is -0.197. The summed E-state index contributed by atoms with van der Waals surface area (Å²) in [7, 11) is 2.15. The molecule has 1 aromatic heterocycles. The predicted octanol–water partition coefficient (Wildman–Crippen LogP) is 6.19. The third-order valence-corrected chi connectivity index (χ3v) is 13.7. The number of aliphatic carboxylic acids is 1. The number of carbonyl (C=O) groups excluding carboxylic acids is 1. The van der Waals surface area contributed by atoms with Crippen LogP contribution in [0.4, 0.5) is 0 Å². The van der Waals surface area contributed by atoms with Gasteiger partial charge in [-0.05, 0) is 74.2 Å². The summed E-state index contributed by atoms with van der Waals surface area (Å²) in [6.07, 6.45) is 19.6. The molecule has 234 valence electrons. The van der Waals surface area contributed by atoms with Crippen molar-refractivity contribution >= 4 is 12.3 Å². The summed E-state index contributed by atoms with van der Waals surface area (Å²) in [5, 5.41) is 11.5. The van der Waals surface area contributed by atoms with E-state index >= 15 is 0 Å². The van der Waals surface area contributed by atoms with Crippen LogP contribution in [-0.4, -0.2) is 58.0 Å².